The van der Waals surface area contributed by atoms with Gasteiger partial charge in [-0.05, 0) is 61.2 Å². The number of anilines is 3. The Kier molecular flexibility index (Phi) is 4.96. The van der Waals surface area contributed by atoms with Crippen LogP contribution in [0.2, 0.25) is 0 Å². The molecule has 0 spiro atoms. The summed E-state index contributed by atoms with van der Waals surface area (Å²) in [4.78, 5) is 41.4. The number of amides is 3. The molecule has 2 heterocycles. The van der Waals surface area contributed by atoms with Crippen molar-refractivity contribution in [3.63, 3.8) is 0 Å². The molecule has 2 aromatic rings. The Balaban J connectivity index is 1.28. The molecule has 6 nitrogen and oxygen atoms in total. The molecule has 1 aliphatic carbocycles. The number of hydrogen-bond acceptors (Lipinski definition) is 3. The van der Waals surface area contributed by atoms with E-state index in [0.717, 1.165) is 42.6 Å². The highest BCUT2D eigenvalue weighted by molar-refractivity contribution is 6.04. The normalized spacial score (nSPS) is 20.5. The van der Waals surface area contributed by atoms with Crippen LogP contribution in [0.4, 0.5) is 21.5 Å². The van der Waals surface area contributed by atoms with E-state index in [1.165, 1.54) is 18.2 Å². The molecule has 2 aliphatic heterocycles. The second-order valence-electron chi connectivity index (χ2n) is 8.59. The van der Waals surface area contributed by atoms with Gasteiger partial charge >= 0.3 is 0 Å². The average Bonchev–Trinajstić information content (AvgIpc) is 3.29. The zero-order chi connectivity index (χ0) is 21.5. The first kappa shape index (κ1) is 19.7. The van der Waals surface area contributed by atoms with Crippen molar-refractivity contribution in [2.45, 2.75) is 32.1 Å². The van der Waals surface area contributed by atoms with E-state index < -0.39 is 11.7 Å². The maximum Gasteiger partial charge on any atom is 0.230 e. The third kappa shape index (κ3) is 3.69. The molecule has 2 aromatic carbocycles. The van der Waals surface area contributed by atoms with E-state index in [2.05, 4.69) is 5.32 Å². The summed E-state index contributed by atoms with van der Waals surface area (Å²) in [6.45, 7) is 0.963. The molecule has 0 unspecified atom stereocenters. The summed E-state index contributed by atoms with van der Waals surface area (Å²) in [5, 5.41) is 2.70. The van der Waals surface area contributed by atoms with Crippen molar-refractivity contribution in [3.05, 3.63) is 53.8 Å². The van der Waals surface area contributed by atoms with Gasteiger partial charge in [-0.15, -0.1) is 0 Å². The van der Waals surface area contributed by atoms with Crippen molar-refractivity contribution < 1.29 is 18.8 Å². The maximum absolute atomic E-state index is 13.4. The topological polar surface area (TPSA) is 69.7 Å². The van der Waals surface area contributed by atoms with Gasteiger partial charge in [-0.2, -0.15) is 0 Å². The lowest BCUT2D eigenvalue weighted by molar-refractivity contribution is -0.124. The third-order valence-electron chi connectivity index (χ3n) is 6.58. The molecule has 3 aliphatic rings. The summed E-state index contributed by atoms with van der Waals surface area (Å²) in [7, 11) is 0. The molecule has 0 bridgehead atoms. The summed E-state index contributed by atoms with van der Waals surface area (Å²) in [5.41, 5.74) is 3.13. The quantitative estimate of drug-likeness (QED) is 0.822. The zero-order valence-electron chi connectivity index (χ0n) is 17.1. The van der Waals surface area contributed by atoms with Crippen LogP contribution in [-0.2, 0) is 20.8 Å². The minimum Gasteiger partial charge on any atom is -0.326 e. The van der Waals surface area contributed by atoms with Gasteiger partial charge in [-0.3, -0.25) is 14.4 Å². The number of carbonyl (C=O) groups excluding carboxylic acids is 3. The van der Waals surface area contributed by atoms with Crippen LogP contribution in [0, 0.1) is 17.7 Å². The predicted molar refractivity (Wildman–Crippen MR) is 115 cm³/mol. The Labute approximate surface area is 180 Å². The minimum atomic E-state index is -0.499. The molecule has 31 heavy (non-hydrogen) atoms. The third-order valence-corrected chi connectivity index (χ3v) is 6.58. The molecular formula is C24H24FN3O3. The summed E-state index contributed by atoms with van der Waals surface area (Å²) >= 11 is 0. The van der Waals surface area contributed by atoms with E-state index in [9.17, 15) is 18.8 Å². The van der Waals surface area contributed by atoms with Crippen LogP contribution in [0.15, 0.2) is 42.5 Å². The van der Waals surface area contributed by atoms with E-state index >= 15 is 0 Å². The Hall–Kier alpha value is -3.22. The molecule has 160 valence electrons. The Morgan fingerprint density at radius 2 is 1.90 bits per heavy atom. The van der Waals surface area contributed by atoms with Crippen molar-refractivity contribution >= 4 is 34.8 Å². The minimum absolute atomic E-state index is 0.111. The molecule has 0 radical (unpaired) electrons. The molecule has 7 heteroatoms. The molecule has 3 amide bonds. The predicted octanol–water partition coefficient (Wildman–Crippen LogP) is 3.51. The largest absolute Gasteiger partial charge is 0.326 e. The second-order valence-corrected chi connectivity index (χ2v) is 8.59. The van der Waals surface area contributed by atoms with Crippen LogP contribution in [0.3, 0.4) is 0 Å². The molecule has 1 atom stereocenters. The summed E-state index contributed by atoms with van der Waals surface area (Å²) in [5.74, 6) is -0.961. The fourth-order valence-electron chi connectivity index (χ4n) is 4.60. The Morgan fingerprint density at radius 3 is 2.65 bits per heavy atom. The van der Waals surface area contributed by atoms with Crippen LogP contribution in [0.25, 0.3) is 0 Å². The number of fused-ring (bicyclic) bond motifs is 1. The number of rotatable bonds is 4. The Morgan fingerprint density at radius 1 is 1.06 bits per heavy atom. The standard InChI is InChI=1S/C24H24FN3O3/c25-18-5-2-6-19(13-18)26-23(30)17-12-22(29)28(14-17)20-7-8-21-16(11-20)9-10-27(21)24(31)15-3-1-4-15/h2,5-8,11,13,15,17H,1,3-4,9-10,12,14H2,(H,26,30)/t17-/m1/s1. The van der Waals surface area contributed by atoms with Crippen molar-refractivity contribution in [2.24, 2.45) is 11.8 Å². The number of hydrogen-bond donors (Lipinski definition) is 1. The molecule has 1 saturated heterocycles. The van der Waals surface area contributed by atoms with Gasteiger partial charge in [0, 0.05) is 42.5 Å². The van der Waals surface area contributed by atoms with Crippen LogP contribution >= 0.6 is 0 Å². The molecular weight excluding hydrogens is 397 g/mol. The number of halogens is 1. The van der Waals surface area contributed by atoms with Gasteiger partial charge in [-0.1, -0.05) is 12.5 Å². The molecule has 5 rings (SSSR count). The van der Waals surface area contributed by atoms with Crippen molar-refractivity contribution in [1.82, 2.24) is 0 Å². The van der Waals surface area contributed by atoms with Gasteiger partial charge in [0.2, 0.25) is 17.7 Å². The first-order chi connectivity index (χ1) is 15.0. The Bertz CT molecular complexity index is 1070. The van der Waals surface area contributed by atoms with Crippen molar-refractivity contribution in [2.75, 3.05) is 28.2 Å². The lowest BCUT2D eigenvalue weighted by Crippen LogP contribution is -2.37. The lowest BCUT2D eigenvalue weighted by Gasteiger charge is -2.29. The molecule has 1 N–H and O–H groups in total. The van der Waals surface area contributed by atoms with E-state index in [-0.39, 0.29) is 36.6 Å². The van der Waals surface area contributed by atoms with Crippen LogP contribution in [0.5, 0.6) is 0 Å². The maximum atomic E-state index is 13.4. The van der Waals surface area contributed by atoms with E-state index in [0.29, 0.717) is 12.2 Å². The first-order valence-corrected chi connectivity index (χ1v) is 10.8. The summed E-state index contributed by atoms with van der Waals surface area (Å²) in [6.07, 6.45) is 3.97. The lowest BCUT2D eigenvalue weighted by atomic mass is 9.84. The molecule has 0 aromatic heterocycles. The fraction of sp³-hybridized carbons (Fsp3) is 0.375. The number of nitrogens with zero attached hydrogens (tertiary/aromatic N) is 2. The molecule has 1 saturated carbocycles. The number of carbonyl (C=O) groups is 3. The van der Waals surface area contributed by atoms with E-state index in [4.69, 9.17) is 0 Å². The smallest absolute Gasteiger partial charge is 0.230 e. The van der Waals surface area contributed by atoms with E-state index in [1.54, 1.807) is 11.0 Å². The summed E-state index contributed by atoms with van der Waals surface area (Å²) in [6, 6.07) is 11.5. The monoisotopic (exact) mass is 421 g/mol. The van der Waals surface area contributed by atoms with Crippen molar-refractivity contribution in [3.8, 4) is 0 Å². The van der Waals surface area contributed by atoms with Gasteiger partial charge in [0.25, 0.3) is 0 Å². The average molecular weight is 421 g/mol. The van der Waals surface area contributed by atoms with Crippen LogP contribution in [0.1, 0.15) is 31.2 Å². The van der Waals surface area contributed by atoms with Gasteiger partial charge in [-0.25, -0.2) is 4.39 Å². The molecule has 2 fully saturated rings. The highest BCUT2D eigenvalue weighted by Gasteiger charge is 2.37. The number of nitrogens with one attached hydrogen (secondary N) is 1. The van der Waals surface area contributed by atoms with Crippen LogP contribution in [-0.4, -0.2) is 30.8 Å². The van der Waals surface area contributed by atoms with Gasteiger partial charge < -0.3 is 15.1 Å². The van der Waals surface area contributed by atoms with Gasteiger partial charge in [0.05, 0.1) is 5.92 Å². The SMILES string of the molecule is O=C(Nc1cccc(F)c1)[C@@H]1CC(=O)N(c2ccc3c(c2)CCN3C(=O)C2CCC2)C1. The summed E-state index contributed by atoms with van der Waals surface area (Å²) < 4.78 is 13.4. The fourth-order valence-corrected chi connectivity index (χ4v) is 4.60. The number of benzene rings is 2. The first-order valence-electron chi connectivity index (χ1n) is 10.8. The van der Waals surface area contributed by atoms with E-state index in [1.807, 2.05) is 23.1 Å². The van der Waals surface area contributed by atoms with Crippen molar-refractivity contribution in [1.29, 1.82) is 0 Å². The highest BCUT2D eigenvalue weighted by atomic mass is 19.1. The zero-order valence-corrected chi connectivity index (χ0v) is 17.1. The van der Waals surface area contributed by atoms with Crippen LogP contribution < -0.4 is 15.1 Å². The second kappa shape index (κ2) is 7.80. The van der Waals surface area contributed by atoms with Gasteiger partial charge in [0.1, 0.15) is 5.82 Å². The highest BCUT2D eigenvalue weighted by Crippen LogP contribution is 2.37. The van der Waals surface area contributed by atoms with Gasteiger partial charge in [0.15, 0.2) is 0 Å².